The first-order valence-corrected chi connectivity index (χ1v) is 7.38. The molecule has 0 aliphatic heterocycles. The Kier molecular flexibility index (Phi) is 5.46. The zero-order valence-corrected chi connectivity index (χ0v) is 14.0. The summed E-state index contributed by atoms with van der Waals surface area (Å²) < 4.78 is 10.5. The lowest BCUT2D eigenvalue weighted by molar-refractivity contribution is 0.355. The van der Waals surface area contributed by atoms with Crippen LogP contribution in [0.5, 0.6) is 11.5 Å². The van der Waals surface area contributed by atoms with Crippen LogP contribution in [0.15, 0.2) is 41.4 Å². The smallest absolute Gasteiger partial charge is 0.193 e. The topological polar surface area (TPSA) is 68.9 Å². The summed E-state index contributed by atoms with van der Waals surface area (Å²) in [5.74, 6) is 1.67. The Hall–Kier alpha value is -2.69. The van der Waals surface area contributed by atoms with Gasteiger partial charge >= 0.3 is 0 Å². The molecule has 2 aromatic carbocycles. The third kappa shape index (κ3) is 4.39. The fourth-order valence-electron chi connectivity index (χ4n) is 2.29. The second kappa shape index (κ2) is 7.54. The number of hydrogen-bond donors (Lipinski definition) is 2. The molecule has 122 valence electrons. The van der Waals surface area contributed by atoms with Crippen LogP contribution in [0, 0.1) is 13.8 Å². The third-order valence-corrected chi connectivity index (χ3v) is 3.57. The molecule has 0 saturated carbocycles. The molecule has 0 amide bonds. The Morgan fingerprint density at radius 1 is 1.04 bits per heavy atom. The number of nitrogens with zero attached hydrogens (tertiary/aromatic N) is 1. The van der Waals surface area contributed by atoms with E-state index in [4.69, 9.17) is 15.2 Å². The van der Waals surface area contributed by atoms with E-state index in [1.165, 1.54) is 11.1 Å². The van der Waals surface area contributed by atoms with Crippen molar-refractivity contribution >= 4 is 11.6 Å². The predicted octanol–water partition coefficient (Wildman–Crippen LogP) is 3.25. The van der Waals surface area contributed by atoms with Gasteiger partial charge in [0.2, 0.25) is 0 Å². The molecule has 0 saturated heterocycles. The molecule has 5 heteroatoms. The number of guanidine groups is 1. The molecule has 0 bridgehead atoms. The minimum Gasteiger partial charge on any atom is -0.493 e. The van der Waals surface area contributed by atoms with Crippen molar-refractivity contribution in [2.75, 3.05) is 19.5 Å². The van der Waals surface area contributed by atoms with Gasteiger partial charge in [-0.05, 0) is 37.1 Å². The van der Waals surface area contributed by atoms with Crippen LogP contribution >= 0.6 is 0 Å². The second-order valence-corrected chi connectivity index (χ2v) is 5.33. The fraction of sp³-hybridized carbons (Fsp3) is 0.278. The van der Waals surface area contributed by atoms with Gasteiger partial charge in [-0.2, -0.15) is 0 Å². The minimum atomic E-state index is 0.359. The van der Waals surface area contributed by atoms with Gasteiger partial charge in [0.05, 0.1) is 20.8 Å². The minimum absolute atomic E-state index is 0.359. The van der Waals surface area contributed by atoms with Crippen molar-refractivity contribution in [3.8, 4) is 11.5 Å². The van der Waals surface area contributed by atoms with Gasteiger partial charge in [-0.25, -0.2) is 4.99 Å². The maximum atomic E-state index is 5.96. The monoisotopic (exact) mass is 313 g/mol. The van der Waals surface area contributed by atoms with Crippen molar-refractivity contribution in [1.82, 2.24) is 0 Å². The number of benzene rings is 2. The van der Waals surface area contributed by atoms with E-state index in [1.54, 1.807) is 14.2 Å². The van der Waals surface area contributed by atoms with Crippen molar-refractivity contribution in [2.24, 2.45) is 10.7 Å². The van der Waals surface area contributed by atoms with Crippen molar-refractivity contribution in [3.05, 3.63) is 53.1 Å². The Morgan fingerprint density at radius 3 is 2.43 bits per heavy atom. The number of methoxy groups -OCH3 is 2. The highest BCUT2D eigenvalue weighted by molar-refractivity contribution is 5.92. The molecule has 2 aromatic rings. The van der Waals surface area contributed by atoms with Crippen LogP contribution in [0.1, 0.15) is 16.7 Å². The third-order valence-electron chi connectivity index (χ3n) is 3.57. The number of nitrogens with one attached hydrogen (secondary N) is 1. The molecule has 0 aromatic heterocycles. The van der Waals surface area contributed by atoms with E-state index in [0.29, 0.717) is 24.0 Å². The SMILES string of the molecule is COc1ccc(NC(N)=NCc2ccc(C)cc2C)cc1OC. The maximum absolute atomic E-state index is 5.96. The molecule has 5 nitrogen and oxygen atoms in total. The number of aryl methyl sites for hydroxylation is 2. The van der Waals surface area contributed by atoms with Crippen molar-refractivity contribution in [3.63, 3.8) is 0 Å². The van der Waals surface area contributed by atoms with Gasteiger partial charge in [-0.15, -0.1) is 0 Å². The largest absolute Gasteiger partial charge is 0.493 e. The Labute approximate surface area is 137 Å². The van der Waals surface area contributed by atoms with E-state index in [0.717, 1.165) is 11.3 Å². The normalized spacial score (nSPS) is 11.2. The molecule has 0 radical (unpaired) electrons. The highest BCUT2D eigenvalue weighted by Crippen LogP contribution is 2.29. The van der Waals surface area contributed by atoms with E-state index in [2.05, 4.69) is 42.4 Å². The molecule has 0 unspecified atom stereocenters. The summed E-state index contributed by atoms with van der Waals surface area (Å²) in [5.41, 5.74) is 10.4. The number of rotatable bonds is 5. The molecule has 0 fully saturated rings. The van der Waals surface area contributed by atoms with Crippen LogP contribution in [0.25, 0.3) is 0 Å². The van der Waals surface area contributed by atoms with Crippen LogP contribution in [0.3, 0.4) is 0 Å². The Bertz CT molecular complexity index is 711. The number of nitrogens with two attached hydrogens (primary N) is 1. The number of hydrogen-bond acceptors (Lipinski definition) is 3. The first kappa shape index (κ1) is 16.7. The molecule has 0 heterocycles. The highest BCUT2D eigenvalue weighted by Gasteiger charge is 2.05. The molecule has 3 N–H and O–H groups in total. The number of aliphatic imine (C=N–C) groups is 1. The molecular formula is C18H23N3O2. The maximum Gasteiger partial charge on any atom is 0.193 e. The lowest BCUT2D eigenvalue weighted by Crippen LogP contribution is -2.22. The highest BCUT2D eigenvalue weighted by atomic mass is 16.5. The van der Waals surface area contributed by atoms with E-state index in [-0.39, 0.29) is 0 Å². The van der Waals surface area contributed by atoms with Crippen molar-refractivity contribution < 1.29 is 9.47 Å². The van der Waals surface area contributed by atoms with Gasteiger partial charge in [-0.1, -0.05) is 23.8 Å². The Morgan fingerprint density at radius 2 is 1.78 bits per heavy atom. The van der Waals surface area contributed by atoms with Crippen LogP contribution < -0.4 is 20.5 Å². The first-order valence-electron chi connectivity index (χ1n) is 7.38. The van der Waals surface area contributed by atoms with E-state index < -0.39 is 0 Å². The molecule has 2 rings (SSSR count). The van der Waals surface area contributed by atoms with Crippen LogP contribution in [0.2, 0.25) is 0 Å². The van der Waals surface area contributed by atoms with Gasteiger partial charge in [0.1, 0.15) is 0 Å². The lowest BCUT2D eigenvalue weighted by Gasteiger charge is -2.11. The summed E-state index contributed by atoms with van der Waals surface area (Å²) in [6, 6.07) is 11.8. The molecule has 0 aliphatic rings. The zero-order valence-electron chi connectivity index (χ0n) is 14.0. The van der Waals surface area contributed by atoms with Gasteiger partial charge < -0.3 is 20.5 Å². The summed E-state index contributed by atoms with van der Waals surface area (Å²) in [6.45, 7) is 4.70. The summed E-state index contributed by atoms with van der Waals surface area (Å²) in [5, 5.41) is 3.06. The van der Waals surface area contributed by atoms with Crippen LogP contribution in [-0.4, -0.2) is 20.2 Å². The van der Waals surface area contributed by atoms with Gasteiger partial charge in [-0.3, -0.25) is 0 Å². The van der Waals surface area contributed by atoms with Gasteiger partial charge in [0, 0.05) is 11.8 Å². The number of anilines is 1. The Balaban J connectivity index is 2.07. The first-order chi connectivity index (χ1) is 11.0. The summed E-state index contributed by atoms with van der Waals surface area (Å²) in [4.78, 5) is 4.39. The van der Waals surface area contributed by atoms with E-state index >= 15 is 0 Å². The van der Waals surface area contributed by atoms with Crippen LogP contribution in [0.4, 0.5) is 5.69 Å². The van der Waals surface area contributed by atoms with Crippen LogP contribution in [-0.2, 0) is 6.54 Å². The summed E-state index contributed by atoms with van der Waals surface area (Å²) >= 11 is 0. The summed E-state index contributed by atoms with van der Waals surface area (Å²) in [6.07, 6.45) is 0. The molecule has 23 heavy (non-hydrogen) atoms. The molecule has 0 aliphatic carbocycles. The zero-order chi connectivity index (χ0) is 16.8. The average molecular weight is 313 g/mol. The molecular weight excluding hydrogens is 290 g/mol. The lowest BCUT2D eigenvalue weighted by atomic mass is 10.1. The van der Waals surface area contributed by atoms with Gasteiger partial charge in [0.15, 0.2) is 17.5 Å². The van der Waals surface area contributed by atoms with E-state index in [1.807, 2.05) is 18.2 Å². The average Bonchev–Trinajstić information content (AvgIpc) is 2.54. The van der Waals surface area contributed by atoms with Crippen molar-refractivity contribution in [1.29, 1.82) is 0 Å². The fourth-order valence-corrected chi connectivity index (χ4v) is 2.29. The van der Waals surface area contributed by atoms with Gasteiger partial charge in [0.25, 0.3) is 0 Å². The molecule has 0 atom stereocenters. The summed E-state index contributed by atoms with van der Waals surface area (Å²) in [7, 11) is 3.20. The quantitative estimate of drug-likeness (QED) is 0.657. The van der Waals surface area contributed by atoms with Crippen molar-refractivity contribution in [2.45, 2.75) is 20.4 Å². The molecule has 0 spiro atoms. The second-order valence-electron chi connectivity index (χ2n) is 5.33. The standard InChI is InChI=1S/C18H23N3O2/c1-12-5-6-14(13(2)9-12)11-20-18(19)21-15-7-8-16(22-3)17(10-15)23-4/h5-10H,11H2,1-4H3,(H3,19,20,21). The predicted molar refractivity (Wildman–Crippen MR) is 94.4 cm³/mol. The van der Waals surface area contributed by atoms with E-state index in [9.17, 15) is 0 Å². The number of ether oxygens (including phenoxy) is 2.